The summed E-state index contributed by atoms with van der Waals surface area (Å²) in [5.41, 5.74) is 0. The third kappa shape index (κ3) is 2.64. The molecule has 82 valence electrons. The lowest BCUT2D eigenvalue weighted by Gasteiger charge is -2.34. The van der Waals surface area contributed by atoms with E-state index in [1.807, 2.05) is 0 Å². The Bertz CT molecular complexity index is 205. The summed E-state index contributed by atoms with van der Waals surface area (Å²) < 4.78 is 24.4. The van der Waals surface area contributed by atoms with Gasteiger partial charge in [0, 0.05) is 19.1 Å². The van der Waals surface area contributed by atoms with Crippen LogP contribution in [0.15, 0.2) is 0 Å². The lowest BCUT2D eigenvalue weighted by molar-refractivity contribution is -0.141. The highest BCUT2D eigenvalue weighted by atomic mass is 19.3. The Kier molecular flexibility index (Phi) is 3.80. The minimum atomic E-state index is -2.45. The zero-order valence-electron chi connectivity index (χ0n) is 8.46. The molecule has 1 rings (SSSR count). The molecule has 0 aromatic rings. The van der Waals surface area contributed by atoms with Crippen molar-refractivity contribution in [3.8, 4) is 0 Å². The van der Waals surface area contributed by atoms with E-state index in [4.69, 9.17) is 0 Å². The van der Waals surface area contributed by atoms with E-state index in [2.05, 4.69) is 5.32 Å². The molecule has 1 saturated heterocycles. The Hall–Kier alpha value is -0.710. The lowest BCUT2D eigenvalue weighted by Crippen LogP contribution is -2.54. The van der Waals surface area contributed by atoms with E-state index in [1.165, 1.54) is 4.90 Å². The minimum absolute atomic E-state index is 0.101. The van der Waals surface area contributed by atoms with Crippen LogP contribution < -0.4 is 5.32 Å². The highest BCUT2D eigenvalue weighted by molar-refractivity contribution is 5.80. The summed E-state index contributed by atoms with van der Waals surface area (Å²) in [6.07, 6.45) is -2.45. The molecule has 0 spiro atoms. The number of carbonyl (C=O) groups is 1. The van der Waals surface area contributed by atoms with Crippen molar-refractivity contribution in [3.63, 3.8) is 0 Å². The predicted octanol–water partition coefficient (Wildman–Crippen LogP) is 0.708. The van der Waals surface area contributed by atoms with Crippen LogP contribution in [-0.4, -0.2) is 42.9 Å². The first-order valence-corrected chi connectivity index (χ1v) is 4.81. The Labute approximate surface area is 82.5 Å². The summed E-state index contributed by atoms with van der Waals surface area (Å²) >= 11 is 0. The van der Waals surface area contributed by atoms with Gasteiger partial charge in [0.25, 0.3) is 6.43 Å². The molecule has 1 fully saturated rings. The third-order valence-electron chi connectivity index (χ3n) is 2.37. The van der Waals surface area contributed by atoms with E-state index in [-0.39, 0.29) is 17.9 Å². The first-order chi connectivity index (χ1) is 6.52. The fourth-order valence-corrected chi connectivity index (χ4v) is 1.40. The number of rotatable bonds is 4. The standard InChI is InChI=1S/C9H16F2N2O/c1-6(2)13(5-8(10)11)9(14)7-3-12-4-7/h6-8,12H,3-5H2,1-2H3. The zero-order chi connectivity index (χ0) is 10.7. The molecule has 0 aliphatic carbocycles. The van der Waals surface area contributed by atoms with Gasteiger partial charge in [-0.2, -0.15) is 0 Å². The number of carbonyl (C=O) groups excluding carboxylic acids is 1. The Morgan fingerprint density at radius 2 is 2.07 bits per heavy atom. The van der Waals surface area contributed by atoms with Crippen molar-refractivity contribution in [2.24, 2.45) is 5.92 Å². The Balaban J connectivity index is 2.52. The molecule has 0 atom stereocenters. The summed E-state index contributed by atoms with van der Waals surface area (Å²) in [5, 5.41) is 2.95. The van der Waals surface area contributed by atoms with E-state index in [9.17, 15) is 13.6 Å². The molecule has 0 aromatic heterocycles. The fourth-order valence-electron chi connectivity index (χ4n) is 1.40. The fraction of sp³-hybridized carbons (Fsp3) is 0.889. The van der Waals surface area contributed by atoms with Crippen LogP contribution in [0.4, 0.5) is 8.78 Å². The second-order valence-corrected chi connectivity index (χ2v) is 3.83. The number of hydrogen-bond acceptors (Lipinski definition) is 2. The number of amides is 1. The van der Waals surface area contributed by atoms with Gasteiger partial charge in [0.1, 0.15) is 0 Å². The molecule has 1 aliphatic heterocycles. The molecular weight excluding hydrogens is 190 g/mol. The molecule has 1 N–H and O–H groups in total. The molecule has 1 aliphatic rings. The highest BCUT2D eigenvalue weighted by Gasteiger charge is 2.31. The van der Waals surface area contributed by atoms with Crippen LogP contribution in [0.2, 0.25) is 0 Å². The largest absolute Gasteiger partial charge is 0.334 e. The molecular formula is C9H16F2N2O. The first kappa shape index (κ1) is 11.4. The normalized spacial score (nSPS) is 17.3. The predicted molar refractivity (Wildman–Crippen MR) is 49.2 cm³/mol. The lowest BCUT2D eigenvalue weighted by atomic mass is 10.0. The van der Waals surface area contributed by atoms with Crippen molar-refractivity contribution < 1.29 is 13.6 Å². The van der Waals surface area contributed by atoms with Gasteiger partial charge in [0.15, 0.2) is 0 Å². The van der Waals surface area contributed by atoms with Crippen molar-refractivity contribution in [3.05, 3.63) is 0 Å². The van der Waals surface area contributed by atoms with Crippen molar-refractivity contribution >= 4 is 5.91 Å². The SMILES string of the molecule is CC(C)N(CC(F)F)C(=O)C1CNC1. The number of hydrogen-bond donors (Lipinski definition) is 1. The number of alkyl halides is 2. The maximum Gasteiger partial charge on any atom is 0.255 e. The van der Waals surface area contributed by atoms with Gasteiger partial charge in [-0.1, -0.05) is 0 Å². The highest BCUT2D eigenvalue weighted by Crippen LogP contribution is 2.12. The average Bonchev–Trinajstić information content (AvgIpc) is 1.95. The van der Waals surface area contributed by atoms with Crippen LogP contribution >= 0.6 is 0 Å². The van der Waals surface area contributed by atoms with Crippen LogP contribution in [-0.2, 0) is 4.79 Å². The molecule has 3 nitrogen and oxygen atoms in total. The summed E-state index contributed by atoms with van der Waals surface area (Å²) in [6, 6.07) is -0.155. The first-order valence-electron chi connectivity index (χ1n) is 4.81. The summed E-state index contributed by atoms with van der Waals surface area (Å²) in [5.74, 6) is -0.254. The van der Waals surface area contributed by atoms with Gasteiger partial charge in [0.05, 0.1) is 12.5 Å². The maximum atomic E-state index is 12.2. The molecule has 14 heavy (non-hydrogen) atoms. The van der Waals surface area contributed by atoms with Gasteiger partial charge in [-0.25, -0.2) is 8.78 Å². The molecule has 5 heteroatoms. The zero-order valence-corrected chi connectivity index (χ0v) is 8.46. The van der Waals surface area contributed by atoms with E-state index >= 15 is 0 Å². The van der Waals surface area contributed by atoms with Crippen LogP contribution in [0.5, 0.6) is 0 Å². The van der Waals surface area contributed by atoms with Crippen molar-refractivity contribution in [2.75, 3.05) is 19.6 Å². The smallest absolute Gasteiger partial charge is 0.255 e. The molecule has 1 amide bonds. The van der Waals surface area contributed by atoms with Crippen LogP contribution in [0.3, 0.4) is 0 Å². The quantitative estimate of drug-likeness (QED) is 0.734. The van der Waals surface area contributed by atoms with Gasteiger partial charge in [0.2, 0.25) is 5.91 Å². The van der Waals surface area contributed by atoms with E-state index < -0.39 is 13.0 Å². The van der Waals surface area contributed by atoms with Crippen molar-refractivity contribution in [1.82, 2.24) is 10.2 Å². The molecule has 0 bridgehead atoms. The summed E-state index contributed by atoms with van der Waals surface area (Å²) in [6.45, 7) is 4.29. The molecule has 1 heterocycles. The van der Waals surface area contributed by atoms with E-state index in [0.717, 1.165) is 0 Å². The average molecular weight is 206 g/mol. The maximum absolute atomic E-state index is 12.2. The van der Waals surface area contributed by atoms with E-state index in [0.29, 0.717) is 13.1 Å². The van der Waals surface area contributed by atoms with Crippen LogP contribution in [0.1, 0.15) is 13.8 Å². The topological polar surface area (TPSA) is 32.3 Å². The summed E-state index contributed by atoms with van der Waals surface area (Å²) in [7, 11) is 0. The monoisotopic (exact) mass is 206 g/mol. The molecule has 0 unspecified atom stereocenters. The number of halogens is 2. The van der Waals surface area contributed by atoms with Crippen molar-refractivity contribution in [2.45, 2.75) is 26.3 Å². The molecule has 0 saturated carbocycles. The molecule has 0 radical (unpaired) electrons. The second-order valence-electron chi connectivity index (χ2n) is 3.83. The Morgan fingerprint density at radius 3 is 2.36 bits per heavy atom. The van der Waals surface area contributed by atoms with Gasteiger partial charge in [-0.15, -0.1) is 0 Å². The number of nitrogens with one attached hydrogen (secondary N) is 1. The van der Waals surface area contributed by atoms with Gasteiger partial charge in [-0.05, 0) is 13.8 Å². The van der Waals surface area contributed by atoms with Gasteiger partial charge in [-0.3, -0.25) is 4.79 Å². The minimum Gasteiger partial charge on any atom is -0.334 e. The van der Waals surface area contributed by atoms with Gasteiger partial charge >= 0.3 is 0 Å². The second kappa shape index (κ2) is 4.68. The molecule has 0 aromatic carbocycles. The van der Waals surface area contributed by atoms with Gasteiger partial charge < -0.3 is 10.2 Å². The summed E-state index contributed by atoms with van der Waals surface area (Å²) in [4.78, 5) is 12.9. The number of nitrogens with zero attached hydrogens (tertiary/aromatic N) is 1. The van der Waals surface area contributed by atoms with E-state index in [1.54, 1.807) is 13.8 Å². The third-order valence-corrected chi connectivity index (χ3v) is 2.37. The Morgan fingerprint density at radius 1 is 1.50 bits per heavy atom. The van der Waals surface area contributed by atoms with Crippen LogP contribution in [0, 0.1) is 5.92 Å². The van der Waals surface area contributed by atoms with Crippen molar-refractivity contribution in [1.29, 1.82) is 0 Å². The van der Waals surface area contributed by atoms with Crippen LogP contribution in [0.25, 0.3) is 0 Å².